The standard InChI is InChI=1S/C25H31N5O/c1-18-3-4-21(17-30-14-13-26-16-19(30)2)15-23(18)24-10-12-28-25(29-24)27-11-9-20-5-7-22(31)8-6-20/h3-8,10,12,15,19,26,31H,9,11,13-14,16-17H2,1-2H3,(H,27,28,29)/t19-/m0/s1. The maximum absolute atomic E-state index is 9.40. The predicted molar refractivity (Wildman–Crippen MR) is 125 cm³/mol. The highest BCUT2D eigenvalue weighted by molar-refractivity contribution is 5.65. The van der Waals surface area contributed by atoms with Crippen LogP contribution in [0, 0.1) is 6.92 Å². The van der Waals surface area contributed by atoms with E-state index in [-0.39, 0.29) is 5.75 Å². The number of phenolic OH excluding ortho intramolecular Hbond substituents is 1. The number of rotatable bonds is 7. The first-order valence-electron chi connectivity index (χ1n) is 11.0. The van der Waals surface area contributed by atoms with Crippen LogP contribution < -0.4 is 10.6 Å². The molecule has 0 aliphatic carbocycles. The van der Waals surface area contributed by atoms with Gasteiger partial charge in [0.1, 0.15) is 5.75 Å². The minimum absolute atomic E-state index is 0.289. The normalized spacial score (nSPS) is 16.9. The maximum Gasteiger partial charge on any atom is 0.223 e. The van der Waals surface area contributed by atoms with Crippen molar-refractivity contribution in [3.63, 3.8) is 0 Å². The molecule has 1 saturated heterocycles. The fourth-order valence-corrected chi connectivity index (χ4v) is 3.97. The van der Waals surface area contributed by atoms with Crippen LogP contribution >= 0.6 is 0 Å². The predicted octanol–water partition coefficient (Wildman–Crippen LogP) is 3.61. The molecule has 0 spiro atoms. The SMILES string of the molecule is Cc1ccc(CN2CCNC[C@@H]2C)cc1-c1ccnc(NCCc2ccc(O)cc2)n1. The molecule has 3 aromatic rings. The molecule has 3 N–H and O–H groups in total. The molecule has 2 heterocycles. The largest absolute Gasteiger partial charge is 0.508 e. The molecule has 162 valence electrons. The average Bonchev–Trinajstić information content (AvgIpc) is 2.78. The zero-order valence-electron chi connectivity index (χ0n) is 18.3. The number of anilines is 1. The van der Waals surface area contributed by atoms with Gasteiger partial charge in [0.05, 0.1) is 5.69 Å². The molecule has 6 heteroatoms. The molecular weight excluding hydrogens is 386 g/mol. The molecule has 0 unspecified atom stereocenters. The van der Waals surface area contributed by atoms with Crippen LogP contribution in [0.15, 0.2) is 54.7 Å². The molecular formula is C25H31N5O. The van der Waals surface area contributed by atoms with Crippen LogP contribution in [0.25, 0.3) is 11.3 Å². The van der Waals surface area contributed by atoms with Gasteiger partial charge in [-0.25, -0.2) is 9.97 Å². The van der Waals surface area contributed by atoms with Gasteiger partial charge in [-0.05, 0) is 61.2 Å². The minimum Gasteiger partial charge on any atom is -0.508 e. The van der Waals surface area contributed by atoms with Crippen LogP contribution in [-0.4, -0.2) is 52.2 Å². The molecule has 0 bridgehead atoms. The number of benzene rings is 2. The molecule has 2 aromatic carbocycles. The van der Waals surface area contributed by atoms with Crippen molar-refractivity contribution in [2.45, 2.75) is 32.9 Å². The van der Waals surface area contributed by atoms with Crippen molar-refractivity contribution < 1.29 is 5.11 Å². The van der Waals surface area contributed by atoms with E-state index in [2.05, 4.69) is 52.6 Å². The van der Waals surface area contributed by atoms with Crippen molar-refractivity contribution in [2.24, 2.45) is 0 Å². The summed E-state index contributed by atoms with van der Waals surface area (Å²) >= 11 is 0. The van der Waals surface area contributed by atoms with Gasteiger partial charge in [0.2, 0.25) is 5.95 Å². The van der Waals surface area contributed by atoms with Gasteiger partial charge in [0.25, 0.3) is 0 Å². The fraction of sp³-hybridized carbons (Fsp3) is 0.360. The van der Waals surface area contributed by atoms with Gasteiger partial charge >= 0.3 is 0 Å². The number of aromatic hydroxyl groups is 1. The van der Waals surface area contributed by atoms with Crippen LogP contribution in [0.5, 0.6) is 5.75 Å². The molecule has 1 atom stereocenters. The molecule has 0 saturated carbocycles. The van der Waals surface area contributed by atoms with Crippen LogP contribution in [-0.2, 0) is 13.0 Å². The second kappa shape index (κ2) is 9.90. The summed E-state index contributed by atoms with van der Waals surface area (Å²) in [5.41, 5.74) is 5.78. The van der Waals surface area contributed by atoms with Gasteiger partial charge in [0.15, 0.2) is 0 Å². The molecule has 0 amide bonds. The van der Waals surface area contributed by atoms with E-state index < -0.39 is 0 Å². The number of nitrogens with zero attached hydrogens (tertiary/aromatic N) is 3. The summed E-state index contributed by atoms with van der Waals surface area (Å²) in [5.74, 6) is 0.925. The summed E-state index contributed by atoms with van der Waals surface area (Å²) < 4.78 is 0. The molecule has 31 heavy (non-hydrogen) atoms. The second-order valence-corrected chi connectivity index (χ2v) is 8.28. The zero-order chi connectivity index (χ0) is 21.6. The first-order valence-corrected chi connectivity index (χ1v) is 11.0. The molecule has 4 rings (SSSR count). The van der Waals surface area contributed by atoms with Gasteiger partial charge in [-0.2, -0.15) is 0 Å². The smallest absolute Gasteiger partial charge is 0.223 e. The summed E-state index contributed by atoms with van der Waals surface area (Å²) in [4.78, 5) is 11.7. The van der Waals surface area contributed by atoms with E-state index in [1.54, 1.807) is 12.1 Å². The van der Waals surface area contributed by atoms with Crippen LogP contribution in [0.3, 0.4) is 0 Å². The van der Waals surface area contributed by atoms with E-state index in [1.165, 1.54) is 11.1 Å². The number of hydrogen-bond donors (Lipinski definition) is 3. The van der Waals surface area contributed by atoms with E-state index >= 15 is 0 Å². The van der Waals surface area contributed by atoms with Crippen LogP contribution in [0.2, 0.25) is 0 Å². The Bertz CT molecular complexity index is 1010. The summed E-state index contributed by atoms with van der Waals surface area (Å²) in [6, 6.07) is 16.5. The Morgan fingerprint density at radius 2 is 1.94 bits per heavy atom. The van der Waals surface area contributed by atoms with Crippen molar-refractivity contribution in [3.05, 3.63) is 71.4 Å². The molecule has 6 nitrogen and oxygen atoms in total. The molecule has 1 aliphatic rings. The number of hydrogen-bond acceptors (Lipinski definition) is 6. The second-order valence-electron chi connectivity index (χ2n) is 8.28. The highest BCUT2D eigenvalue weighted by atomic mass is 16.3. The Morgan fingerprint density at radius 3 is 2.74 bits per heavy atom. The number of aromatic nitrogens is 2. The van der Waals surface area contributed by atoms with Crippen molar-refractivity contribution >= 4 is 5.95 Å². The van der Waals surface area contributed by atoms with Gasteiger partial charge in [-0.15, -0.1) is 0 Å². The lowest BCUT2D eigenvalue weighted by atomic mass is 10.0. The Morgan fingerprint density at radius 1 is 1.13 bits per heavy atom. The molecule has 0 radical (unpaired) electrons. The average molecular weight is 418 g/mol. The Labute approximate surface area is 184 Å². The number of nitrogens with one attached hydrogen (secondary N) is 2. The highest BCUT2D eigenvalue weighted by Gasteiger charge is 2.18. The zero-order valence-corrected chi connectivity index (χ0v) is 18.3. The van der Waals surface area contributed by atoms with Gasteiger partial charge in [0, 0.05) is 50.5 Å². The first-order chi connectivity index (χ1) is 15.1. The van der Waals surface area contributed by atoms with Gasteiger partial charge in [-0.3, -0.25) is 4.90 Å². The van der Waals surface area contributed by atoms with E-state index in [0.29, 0.717) is 12.0 Å². The Kier molecular flexibility index (Phi) is 6.79. The van der Waals surface area contributed by atoms with E-state index in [0.717, 1.165) is 56.0 Å². The number of phenols is 1. The van der Waals surface area contributed by atoms with Crippen LogP contribution in [0.1, 0.15) is 23.6 Å². The molecule has 1 aliphatic heterocycles. The van der Waals surface area contributed by atoms with Gasteiger partial charge < -0.3 is 15.7 Å². The third-order valence-electron chi connectivity index (χ3n) is 5.89. The third kappa shape index (κ3) is 5.60. The topological polar surface area (TPSA) is 73.3 Å². The molecule has 1 aromatic heterocycles. The van der Waals surface area contributed by atoms with Crippen molar-refractivity contribution in [1.29, 1.82) is 0 Å². The summed E-state index contributed by atoms with van der Waals surface area (Å²) in [7, 11) is 0. The first kappa shape index (κ1) is 21.3. The maximum atomic E-state index is 9.40. The number of piperazine rings is 1. The minimum atomic E-state index is 0.289. The lowest BCUT2D eigenvalue weighted by Crippen LogP contribution is -2.49. The van der Waals surface area contributed by atoms with Crippen LogP contribution in [0.4, 0.5) is 5.95 Å². The fourth-order valence-electron chi connectivity index (χ4n) is 3.97. The highest BCUT2D eigenvalue weighted by Crippen LogP contribution is 2.24. The van der Waals surface area contributed by atoms with Gasteiger partial charge in [-0.1, -0.05) is 24.3 Å². The monoisotopic (exact) mass is 417 g/mol. The molecule has 1 fully saturated rings. The van der Waals surface area contributed by atoms with E-state index in [9.17, 15) is 5.11 Å². The summed E-state index contributed by atoms with van der Waals surface area (Å²) in [5, 5.41) is 16.2. The quantitative estimate of drug-likeness (QED) is 0.545. The van der Waals surface area contributed by atoms with Crippen molar-refractivity contribution in [2.75, 3.05) is 31.5 Å². The third-order valence-corrected chi connectivity index (χ3v) is 5.89. The number of aryl methyl sites for hydroxylation is 1. The summed E-state index contributed by atoms with van der Waals surface area (Å²) in [6.45, 7) is 9.27. The van der Waals surface area contributed by atoms with E-state index in [4.69, 9.17) is 4.98 Å². The Balaban J connectivity index is 1.44. The van der Waals surface area contributed by atoms with E-state index in [1.807, 2.05) is 24.4 Å². The lowest BCUT2D eigenvalue weighted by Gasteiger charge is -2.34. The van der Waals surface area contributed by atoms with Crippen molar-refractivity contribution in [3.8, 4) is 17.0 Å². The lowest BCUT2D eigenvalue weighted by molar-refractivity contribution is 0.165. The van der Waals surface area contributed by atoms with Crippen molar-refractivity contribution in [1.82, 2.24) is 20.2 Å². The summed E-state index contributed by atoms with van der Waals surface area (Å²) in [6.07, 6.45) is 2.65. The Hall–Kier alpha value is -2.96.